The summed E-state index contributed by atoms with van der Waals surface area (Å²) < 4.78 is 2.13. The highest BCUT2D eigenvalue weighted by molar-refractivity contribution is 5.89. The van der Waals surface area contributed by atoms with Crippen molar-refractivity contribution in [2.24, 2.45) is 0 Å². The molecular weight excluding hydrogens is 202 g/mol. The van der Waals surface area contributed by atoms with Crippen LogP contribution in [0, 0.1) is 0 Å². The number of hydrogen-bond acceptors (Lipinski definition) is 1. The Morgan fingerprint density at radius 3 is 2.88 bits per heavy atom. The minimum atomic E-state index is -0.860. The maximum atomic E-state index is 10.9. The summed E-state index contributed by atoms with van der Waals surface area (Å²) in [4.78, 5) is 10.9. The lowest BCUT2D eigenvalue weighted by Gasteiger charge is -2.11. The van der Waals surface area contributed by atoms with Crippen LogP contribution < -0.4 is 0 Å². The maximum Gasteiger partial charge on any atom is 0.335 e. The zero-order chi connectivity index (χ0) is 11.1. The van der Waals surface area contributed by atoms with Gasteiger partial charge in [0, 0.05) is 17.4 Å². The Balaban J connectivity index is 2.22. The molecule has 0 radical (unpaired) electrons. The summed E-state index contributed by atoms with van der Waals surface area (Å²) in [7, 11) is 0. The molecule has 0 spiro atoms. The molecule has 1 aliphatic rings. The van der Waals surface area contributed by atoms with Crippen LogP contribution in [0.5, 0.6) is 0 Å². The molecule has 2 heterocycles. The number of carboxylic acids is 1. The number of carbonyl (C=O) groups is 1. The van der Waals surface area contributed by atoms with Gasteiger partial charge < -0.3 is 9.51 Å². The van der Waals surface area contributed by atoms with Crippen LogP contribution in [-0.2, 0) is 12.8 Å². The fourth-order valence-electron chi connectivity index (χ4n) is 2.53. The van der Waals surface area contributed by atoms with Crippen molar-refractivity contribution >= 4 is 11.5 Å². The van der Waals surface area contributed by atoms with Crippen LogP contribution >= 0.6 is 0 Å². The van der Waals surface area contributed by atoms with E-state index in [4.69, 9.17) is 5.11 Å². The molecule has 0 unspecified atom stereocenters. The van der Waals surface area contributed by atoms with E-state index in [0.29, 0.717) is 5.56 Å². The predicted molar refractivity (Wildman–Crippen MR) is 61.0 cm³/mol. The first-order chi connectivity index (χ1) is 7.75. The van der Waals surface area contributed by atoms with Gasteiger partial charge in [0.1, 0.15) is 0 Å². The minimum Gasteiger partial charge on any atom is -0.478 e. The van der Waals surface area contributed by atoms with Crippen LogP contribution in [0.4, 0.5) is 0 Å². The highest BCUT2D eigenvalue weighted by Gasteiger charge is 2.15. The van der Waals surface area contributed by atoms with Crippen molar-refractivity contribution in [1.29, 1.82) is 0 Å². The molecule has 0 atom stereocenters. The van der Waals surface area contributed by atoms with E-state index in [2.05, 4.69) is 10.5 Å². The fourth-order valence-corrected chi connectivity index (χ4v) is 2.53. The van der Waals surface area contributed by atoms with E-state index in [9.17, 15) is 4.79 Å². The van der Waals surface area contributed by atoms with Crippen LogP contribution in [0.2, 0.25) is 0 Å². The molecule has 0 saturated heterocycles. The Kier molecular flexibility index (Phi) is 1.99. The zero-order valence-corrected chi connectivity index (χ0v) is 8.94. The summed E-state index contributed by atoms with van der Waals surface area (Å²) in [6, 6.07) is 5.55. The van der Waals surface area contributed by atoms with E-state index in [1.54, 1.807) is 12.1 Å². The van der Waals surface area contributed by atoms with Gasteiger partial charge in [-0.2, -0.15) is 0 Å². The van der Waals surface area contributed by atoms with Crippen LogP contribution in [0.25, 0.3) is 5.52 Å². The van der Waals surface area contributed by atoms with Gasteiger partial charge in [-0.1, -0.05) is 0 Å². The topological polar surface area (TPSA) is 41.7 Å². The molecule has 2 aromatic rings. The van der Waals surface area contributed by atoms with Gasteiger partial charge in [0.2, 0.25) is 0 Å². The van der Waals surface area contributed by atoms with Crippen molar-refractivity contribution in [2.45, 2.75) is 25.7 Å². The summed E-state index contributed by atoms with van der Waals surface area (Å²) >= 11 is 0. The standard InChI is InChI=1S/C13H13NO2/c15-13(16)10-5-6-14-11(8-10)7-9-3-1-2-4-12(9)14/h5-8H,1-4H2,(H,15,16). The first-order valence-corrected chi connectivity index (χ1v) is 5.62. The lowest BCUT2D eigenvalue weighted by Crippen LogP contribution is -2.03. The third-order valence-corrected chi connectivity index (χ3v) is 3.32. The first-order valence-electron chi connectivity index (χ1n) is 5.62. The van der Waals surface area contributed by atoms with E-state index >= 15 is 0 Å². The number of pyridine rings is 1. The SMILES string of the molecule is O=C(O)c1ccn2c3c(cc2c1)CCCC3. The summed E-state index contributed by atoms with van der Waals surface area (Å²) in [6.45, 7) is 0. The van der Waals surface area contributed by atoms with Crippen LogP contribution in [-0.4, -0.2) is 15.5 Å². The maximum absolute atomic E-state index is 10.9. The molecule has 2 aromatic heterocycles. The number of aryl methyl sites for hydroxylation is 2. The van der Waals surface area contributed by atoms with E-state index in [1.807, 2.05) is 6.20 Å². The number of hydrogen-bond donors (Lipinski definition) is 1. The van der Waals surface area contributed by atoms with Crippen molar-refractivity contribution in [2.75, 3.05) is 0 Å². The van der Waals surface area contributed by atoms with Gasteiger partial charge in [-0.25, -0.2) is 4.79 Å². The Morgan fingerprint density at radius 1 is 1.25 bits per heavy atom. The zero-order valence-electron chi connectivity index (χ0n) is 8.94. The highest BCUT2D eigenvalue weighted by Crippen LogP contribution is 2.25. The summed E-state index contributed by atoms with van der Waals surface area (Å²) in [6.07, 6.45) is 6.59. The number of nitrogens with zero attached hydrogens (tertiary/aromatic N) is 1. The van der Waals surface area contributed by atoms with Gasteiger partial charge in [0.05, 0.1) is 5.56 Å². The van der Waals surface area contributed by atoms with Crippen molar-refractivity contribution in [3.05, 3.63) is 41.2 Å². The summed E-state index contributed by atoms with van der Waals surface area (Å²) in [5, 5.41) is 8.94. The Morgan fingerprint density at radius 2 is 2.06 bits per heavy atom. The Labute approximate surface area is 93.3 Å². The van der Waals surface area contributed by atoms with Crippen molar-refractivity contribution in [3.63, 3.8) is 0 Å². The van der Waals surface area contributed by atoms with Crippen molar-refractivity contribution in [1.82, 2.24) is 4.40 Å². The molecular formula is C13H13NO2. The molecule has 3 heteroatoms. The number of carboxylic acid groups (broad SMARTS) is 1. The molecule has 1 aliphatic carbocycles. The van der Waals surface area contributed by atoms with Crippen LogP contribution in [0.3, 0.4) is 0 Å². The van der Waals surface area contributed by atoms with Gasteiger partial charge in [-0.3, -0.25) is 0 Å². The first kappa shape index (κ1) is 9.46. The second-order valence-electron chi connectivity index (χ2n) is 4.34. The third kappa shape index (κ3) is 1.32. The van der Waals surface area contributed by atoms with Gasteiger partial charge in [-0.05, 0) is 49.4 Å². The van der Waals surface area contributed by atoms with Crippen LogP contribution in [0.1, 0.15) is 34.5 Å². The van der Waals surface area contributed by atoms with Crippen molar-refractivity contribution < 1.29 is 9.90 Å². The molecule has 0 fully saturated rings. The third-order valence-electron chi connectivity index (χ3n) is 3.32. The number of rotatable bonds is 1. The second-order valence-corrected chi connectivity index (χ2v) is 4.34. The largest absolute Gasteiger partial charge is 0.478 e. The molecule has 16 heavy (non-hydrogen) atoms. The smallest absolute Gasteiger partial charge is 0.335 e. The van der Waals surface area contributed by atoms with E-state index in [1.165, 1.54) is 24.1 Å². The molecule has 0 saturated carbocycles. The van der Waals surface area contributed by atoms with Crippen LogP contribution in [0.15, 0.2) is 24.4 Å². The van der Waals surface area contributed by atoms with E-state index < -0.39 is 5.97 Å². The minimum absolute atomic E-state index is 0.363. The molecule has 0 bridgehead atoms. The average molecular weight is 215 g/mol. The lowest BCUT2D eigenvalue weighted by atomic mass is 9.98. The van der Waals surface area contributed by atoms with Crippen molar-refractivity contribution in [3.8, 4) is 0 Å². The van der Waals surface area contributed by atoms with Gasteiger partial charge in [0.15, 0.2) is 0 Å². The van der Waals surface area contributed by atoms with E-state index in [0.717, 1.165) is 18.4 Å². The molecule has 0 aliphatic heterocycles. The number of aromatic nitrogens is 1. The number of aromatic carboxylic acids is 1. The molecule has 82 valence electrons. The lowest BCUT2D eigenvalue weighted by molar-refractivity contribution is 0.0697. The second kappa shape index (κ2) is 3.37. The average Bonchev–Trinajstić information content (AvgIpc) is 2.66. The predicted octanol–water partition coefficient (Wildman–Crippen LogP) is 2.52. The quantitative estimate of drug-likeness (QED) is 0.794. The molecule has 3 nitrogen and oxygen atoms in total. The molecule has 0 amide bonds. The highest BCUT2D eigenvalue weighted by atomic mass is 16.4. The number of fused-ring (bicyclic) bond motifs is 3. The van der Waals surface area contributed by atoms with Gasteiger partial charge in [0.25, 0.3) is 0 Å². The molecule has 0 aromatic carbocycles. The normalized spacial score (nSPS) is 15.0. The Hall–Kier alpha value is -1.77. The van der Waals surface area contributed by atoms with Gasteiger partial charge >= 0.3 is 5.97 Å². The monoisotopic (exact) mass is 215 g/mol. The summed E-state index contributed by atoms with van der Waals surface area (Å²) in [5.74, 6) is -0.860. The van der Waals surface area contributed by atoms with E-state index in [-0.39, 0.29) is 0 Å². The fraction of sp³-hybridized carbons (Fsp3) is 0.308. The molecule has 1 N–H and O–H groups in total. The Bertz CT molecular complexity index is 569. The summed E-state index contributed by atoms with van der Waals surface area (Å²) in [5.41, 5.74) is 4.11. The van der Waals surface area contributed by atoms with Gasteiger partial charge in [-0.15, -0.1) is 0 Å². The molecule has 3 rings (SSSR count).